The zero-order valence-corrected chi connectivity index (χ0v) is 12.5. The van der Waals surface area contributed by atoms with Crippen LogP contribution in [0.3, 0.4) is 0 Å². The number of benzene rings is 1. The topological polar surface area (TPSA) is 46.3 Å². The van der Waals surface area contributed by atoms with Gasteiger partial charge >= 0.3 is 0 Å². The van der Waals surface area contributed by atoms with Crippen LogP contribution in [0, 0.1) is 5.92 Å². The summed E-state index contributed by atoms with van der Waals surface area (Å²) in [6.45, 7) is 2.79. The van der Waals surface area contributed by atoms with Gasteiger partial charge < -0.3 is 9.42 Å². The molecule has 0 bridgehead atoms. The molecule has 1 aliphatic rings. The Morgan fingerprint density at radius 2 is 2.14 bits per heavy atom. The van der Waals surface area contributed by atoms with E-state index in [0.717, 1.165) is 36.1 Å². The second kappa shape index (κ2) is 5.72. The van der Waals surface area contributed by atoms with Crippen LogP contribution in [0.4, 0.5) is 0 Å². The Morgan fingerprint density at radius 1 is 1.38 bits per heavy atom. The molecule has 2 aromatic rings. The molecule has 0 saturated heterocycles. The molecule has 1 heterocycles. The number of hydrogen-bond donors (Lipinski definition) is 0. The minimum absolute atomic E-state index is 0.0575. The highest BCUT2D eigenvalue weighted by Crippen LogP contribution is 2.28. The number of amides is 1. The minimum Gasteiger partial charge on any atom is -0.360 e. The van der Waals surface area contributed by atoms with Crippen molar-refractivity contribution >= 4 is 5.91 Å². The smallest absolute Gasteiger partial charge is 0.276 e. The van der Waals surface area contributed by atoms with Gasteiger partial charge in [0.15, 0.2) is 5.69 Å². The molecular formula is C17H20N2O2. The maximum absolute atomic E-state index is 12.6. The number of carbonyl (C=O) groups excluding carboxylic acids is 1. The van der Waals surface area contributed by atoms with Gasteiger partial charge in [-0.15, -0.1) is 0 Å². The van der Waals surface area contributed by atoms with E-state index in [0.29, 0.717) is 18.2 Å². The quantitative estimate of drug-likeness (QED) is 0.870. The van der Waals surface area contributed by atoms with Crippen molar-refractivity contribution in [2.45, 2.75) is 32.7 Å². The van der Waals surface area contributed by atoms with Gasteiger partial charge in [0.25, 0.3) is 5.91 Å². The normalized spacial score (nSPS) is 17.3. The van der Waals surface area contributed by atoms with Gasteiger partial charge in [-0.3, -0.25) is 4.79 Å². The maximum Gasteiger partial charge on any atom is 0.276 e. The molecule has 1 aromatic heterocycles. The second-order valence-corrected chi connectivity index (χ2v) is 5.93. The molecule has 21 heavy (non-hydrogen) atoms. The van der Waals surface area contributed by atoms with E-state index in [1.165, 1.54) is 0 Å². The molecule has 3 rings (SSSR count). The van der Waals surface area contributed by atoms with Crippen LogP contribution in [-0.2, 0) is 19.4 Å². The lowest BCUT2D eigenvalue weighted by atomic mass is 9.88. The molecule has 0 unspecified atom stereocenters. The average Bonchev–Trinajstić information content (AvgIpc) is 2.90. The van der Waals surface area contributed by atoms with Crippen LogP contribution < -0.4 is 0 Å². The molecule has 1 aromatic carbocycles. The summed E-state index contributed by atoms with van der Waals surface area (Å²) in [6.07, 6.45) is 2.88. The van der Waals surface area contributed by atoms with E-state index in [4.69, 9.17) is 4.52 Å². The van der Waals surface area contributed by atoms with E-state index in [9.17, 15) is 4.79 Å². The van der Waals surface area contributed by atoms with Crippen molar-refractivity contribution in [2.24, 2.45) is 5.92 Å². The van der Waals surface area contributed by atoms with Crippen LogP contribution in [-0.4, -0.2) is 23.0 Å². The van der Waals surface area contributed by atoms with E-state index < -0.39 is 0 Å². The fourth-order valence-corrected chi connectivity index (χ4v) is 2.86. The molecule has 0 aliphatic heterocycles. The molecule has 0 saturated carbocycles. The van der Waals surface area contributed by atoms with Crippen molar-refractivity contribution in [1.82, 2.24) is 10.1 Å². The molecule has 1 amide bonds. The molecule has 4 nitrogen and oxygen atoms in total. The average molecular weight is 284 g/mol. The number of rotatable bonds is 3. The maximum atomic E-state index is 12.6. The number of aryl methyl sites for hydroxylation is 1. The second-order valence-electron chi connectivity index (χ2n) is 5.93. The van der Waals surface area contributed by atoms with E-state index in [1.807, 2.05) is 37.4 Å². The molecule has 0 radical (unpaired) electrons. The Morgan fingerprint density at radius 3 is 2.90 bits per heavy atom. The molecule has 0 spiro atoms. The molecule has 110 valence electrons. The third-order valence-corrected chi connectivity index (χ3v) is 4.10. The number of aromatic nitrogens is 1. The predicted octanol–water partition coefficient (Wildman–Crippen LogP) is 3.07. The van der Waals surface area contributed by atoms with Crippen LogP contribution in [0.2, 0.25) is 0 Å². The van der Waals surface area contributed by atoms with E-state index in [-0.39, 0.29) is 5.91 Å². The lowest BCUT2D eigenvalue weighted by molar-refractivity contribution is 0.0773. The van der Waals surface area contributed by atoms with E-state index >= 15 is 0 Å². The van der Waals surface area contributed by atoms with Crippen LogP contribution in [0.25, 0.3) is 0 Å². The molecule has 1 aliphatic carbocycles. The van der Waals surface area contributed by atoms with Crippen molar-refractivity contribution < 1.29 is 9.32 Å². The van der Waals surface area contributed by atoms with E-state index in [2.05, 4.69) is 12.1 Å². The first-order valence-electron chi connectivity index (χ1n) is 7.42. The van der Waals surface area contributed by atoms with Gasteiger partial charge in [0, 0.05) is 25.6 Å². The minimum atomic E-state index is -0.0575. The van der Waals surface area contributed by atoms with E-state index in [1.54, 1.807) is 4.90 Å². The zero-order chi connectivity index (χ0) is 14.8. The predicted molar refractivity (Wildman–Crippen MR) is 79.9 cm³/mol. The van der Waals surface area contributed by atoms with Gasteiger partial charge in [-0.2, -0.15) is 0 Å². The highest BCUT2D eigenvalue weighted by molar-refractivity contribution is 5.93. The fraction of sp³-hybridized carbons (Fsp3) is 0.412. The summed E-state index contributed by atoms with van der Waals surface area (Å²) in [7, 11) is 1.81. The molecule has 0 fully saturated rings. The summed E-state index contributed by atoms with van der Waals surface area (Å²) in [5, 5.41) is 4.03. The highest BCUT2D eigenvalue weighted by Gasteiger charge is 2.28. The largest absolute Gasteiger partial charge is 0.360 e. The van der Waals surface area contributed by atoms with Gasteiger partial charge in [0.05, 0.1) is 0 Å². The van der Waals surface area contributed by atoms with Gasteiger partial charge in [-0.1, -0.05) is 42.4 Å². The first-order valence-corrected chi connectivity index (χ1v) is 7.42. The SMILES string of the molecule is C[C@@H]1CCc2onc(C(=O)N(C)Cc3ccccc3)c2C1. The van der Waals surface area contributed by atoms with Crippen LogP contribution in [0.15, 0.2) is 34.9 Å². The monoisotopic (exact) mass is 284 g/mol. The Bertz CT molecular complexity index is 633. The van der Waals surface area contributed by atoms with Crippen LogP contribution >= 0.6 is 0 Å². The van der Waals surface area contributed by atoms with Gasteiger partial charge in [-0.25, -0.2) is 0 Å². The Balaban J connectivity index is 1.78. The fourth-order valence-electron chi connectivity index (χ4n) is 2.86. The van der Waals surface area contributed by atoms with Crippen molar-refractivity contribution in [3.8, 4) is 0 Å². The first kappa shape index (κ1) is 13.9. The Kier molecular flexibility index (Phi) is 3.78. The summed E-state index contributed by atoms with van der Waals surface area (Å²) in [6, 6.07) is 9.97. The lowest BCUT2D eigenvalue weighted by Crippen LogP contribution is -2.28. The lowest BCUT2D eigenvalue weighted by Gasteiger charge is -2.19. The van der Waals surface area contributed by atoms with Gasteiger partial charge in [0.1, 0.15) is 5.76 Å². The first-order chi connectivity index (χ1) is 10.1. The zero-order valence-electron chi connectivity index (χ0n) is 12.5. The number of fused-ring (bicyclic) bond motifs is 1. The third kappa shape index (κ3) is 2.84. The standard InChI is InChI=1S/C17H20N2O2/c1-12-8-9-15-14(10-12)16(18-21-15)17(20)19(2)11-13-6-4-3-5-7-13/h3-7,12H,8-11H2,1-2H3/t12-/m1/s1. The number of nitrogens with zero attached hydrogens (tertiary/aromatic N) is 2. The number of hydrogen-bond acceptors (Lipinski definition) is 3. The summed E-state index contributed by atoms with van der Waals surface area (Å²) in [5.74, 6) is 1.42. The Hall–Kier alpha value is -2.10. The summed E-state index contributed by atoms with van der Waals surface area (Å²) >= 11 is 0. The van der Waals surface area contributed by atoms with Crippen LogP contribution in [0.5, 0.6) is 0 Å². The molecule has 1 atom stereocenters. The molecular weight excluding hydrogens is 264 g/mol. The third-order valence-electron chi connectivity index (χ3n) is 4.10. The van der Waals surface area contributed by atoms with Gasteiger partial charge in [0.2, 0.25) is 0 Å². The molecule has 0 N–H and O–H groups in total. The van der Waals surface area contributed by atoms with Gasteiger partial charge in [-0.05, 0) is 24.3 Å². The summed E-state index contributed by atoms with van der Waals surface area (Å²) < 4.78 is 5.36. The Labute approximate surface area is 124 Å². The van der Waals surface area contributed by atoms with Crippen molar-refractivity contribution in [3.05, 3.63) is 52.9 Å². The van der Waals surface area contributed by atoms with Crippen molar-refractivity contribution in [2.75, 3.05) is 7.05 Å². The highest BCUT2D eigenvalue weighted by atomic mass is 16.5. The summed E-state index contributed by atoms with van der Waals surface area (Å²) in [4.78, 5) is 14.3. The number of carbonyl (C=O) groups is 1. The molecule has 4 heteroatoms. The van der Waals surface area contributed by atoms with Crippen molar-refractivity contribution in [3.63, 3.8) is 0 Å². The summed E-state index contributed by atoms with van der Waals surface area (Å²) in [5.41, 5.74) is 2.62. The van der Waals surface area contributed by atoms with Crippen LogP contribution in [0.1, 0.15) is 40.7 Å². The van der Waals surface area contributed by atoms with Crippen molar-refractivity contribution in [1.29, 1.82) is 0 Å².